The van der Waals surface area contributed by atoms with Crippen LogP contribution in [0.3, 0.4) is 0 Å². The highest BCUT2D eigenvalue weighted by atomic mass is 16.5. The van der Waals surface area contributed by atoms with E-state index in [1.165, 1.54) is 11.1 Å². The number of rotatable bonds is 6. The van der Waals surface area contributed by atoms with Gasteiger partial charge in [0.15, 0.2) is 6.10 Å². The van der Waals surface area contributed by atoms with Gasteiger partial charge < -0.3 is 24.6 Å². The van der Waals surface area contributed by atoms with Gasteiger partial charge in [0, 0.05) is 59.6 Å². The summed E-state index contributed by atoms with van der Waals surface area (Å²) in [5.41, 5.74) is 9.33. The molecule has 0 unspecified atom stereocenters. The number of piperidine rings is 1. The summed E-state index contributed by atoms with van der Waals surface area (Å²) >= 11 is 0. The molecule has 2 aromatic carbocycles. The van der Waals surface area contributed by atoms with Crippen LogP contribution in [-0.2, 0) is 22.5 Å². The summed E-state index contributed by atoms with van der Waals surface area (Å²) in [4.78, 5) is 35.4. The first-order chi connectivity index (χ1) is 22.8. The molecular formula is C39H46N6O3. The van der Waals surface area contributed by atoms with Crippen LogP contribution in [0.15, 0.2) is 48.8 Å². The Morgan fingerprint density at radius 2 is 1.73 bits per heavy atom. The van der Waals surface area contributed by atoms with Gasteiger partial charge in [-0.15, -0.1) is 0 Å². The van der Waals surface area contributed by atoms with E-state index in [1.54, 1.807) is 6.33 Å². The third-order valence-electron chi connectivity index (χ3n) is 10.1. The van der Waals surface area contributed by atoms with Crippen molar-refractivity contribution in [3.63, 3.8) is 0 Å². The van der Waals surface area contributed by atoms with Gasteiger partial charge in [0.1, 0.15) is 17.8 Å². The molecule has 48 heavy (non-hydrogen) atoms. The highest BCUT2D eigenvalue weighted by molar-refractivity contribution is 6.11. The van der Waals surface area contributed by atoms with Crippen molar-refractivity contribution < 1.29 is 14.6 Å². The van der Waals surface area contributed by atoms with Gasteiger partial charge in [0.05, 0.1) is 16.7 Å². The van der Waals surface area contributed by atoms with Crippen molar-refractivity contribution in [1.82, 2.24) is 19.9 Å². The number of hydrogen-bond acceptors (Lipinski definition) is 7. The molecule has 0 bridgehead atoms. The van der Waals surface area contributed by atoms with E-state index in [0.717, 1.165) is 95.7 Å². The number of ether oxygens (including phenoxy) is 1. The standard InChI is InChI=1S/C39H46N6O3/c1-23-30(33(44-18-15-39(6,7)16-19-44)31(24(2)42-23)34(37(46)47)48-38(3,4)5)26-12-13-27-21-45(17-14-25(27)20-26)36-32-28-10-8-9-11-29(28)43-35(32)40-22-41-36/h8-13,20,22,34H,14-19,21H2,1-7H3,(H,46,47)(H,40,41,43)/t34-/m0/s1. The lowest BCUT2D eigenvalue weighted by atomic mass is 9.81. The van der Waals surface area contributed by atoms with Crippen molar-refractivity contribution in [3.8, 4) is 11.1 Å². The Labute approximate surface area is 282 Å². The smallest absolute Gasteiger partial charge is 0.337 e. The molecule has 1 fully saturated rings. The summed E-state index contributed by atoms with van der Waals surface area (Å²) in [5.74, 6) is -0.0490. The quantitative estimate of drug-likeness (QED) is 0.192. The van der Waals surface area contributed by atoms with Crippen LogP contribution in [0.1, 0.15) is 81.6 Å². The number of aromatic amines is 1. The Bertz CT molecular complexity index is 2030. The number of pyridine rings is 1. The van der Waals surface area contributed by atoms with Crippen LogP contribution in [0.2, 0.25) is 0 Å². The van der Waals surface area contributed by atoms with E-state index in [4.69, 9.17) is 14.7 Å². The fraction of sp³-hybridized carbons (Fsp3) is 0.436. The second-order valence-corrected chi connectivity index (χ2v) is 15.3. The predicted octanol–water partition coefficient (Wildman–Crippen LogP) is 7.92. The van der Waals surface area contributed by atoms with Gasteiger partial charge >= 0.3 is 5.97 Å². The molecule has 5 aromatic rings. The van der Waals surface area contributed by atoms with Crippen molar-refractivity contribution in [1.29, 1.82) is 0 Å². The minimum atomic E-state index is -1.14. The number of nitrogens with one attached hydrogen (secondary N) is 1. The fourth-order valence-electron chi connectivity index (χ4n) is 7.54. The molecule has 0 aliphatic carbocycles. The van der Waals surface area contributed by atoms with Gasteiger partial charge in [-0.05, 0) is 82.1 Å². The van der Waals surface area contributed by atoms with Crippen molar-refractivity contribution >= 4 is 39.4 Å². The molecule has 250 valence electrons. The number of benzene rings is 2. The summed E-state index contributed by atoms with van der Waals surface area (Å²) in [6.07, 6.45) is 3.42. The third kappa shape index (κ3) is 5.89. The number of aromatic nitrogens is 4. The zero-order valence-corrected chi connectivity index (χ0v) is 29.1. The number of para-hydroxylation sites is 1. The topological polar surface area (TPSA) is 107 Å². The summed E-state index contributed by atoms with van der Waals surface area (Å²) < 4.78 is 6.28. The summed E-state index contributed by atoms with van der Waals surface area (Å²) in [7, 11) is 0. The maximum atomic E-state index is 12.9. The molecular weight excluding hydrogens is 600 g/mol. The zero-order valence-electron chi connectivity index (χ0n) is 29.1. The van der Waals surface area contributed by atoms with E-state index in [0.29, 0.717) is 11.3 Å². The molecule has 0 radical (unpaired) electrons. The predicted molar refractivity (Wildman–Crippen MR) is 192 cm³/mol. The van der Waals surface area contributed by atoms with Crippen LogP contribution in [0.5, 0.6) is 0 Å². The van der Waals surface area contributed by atoms with E-state index >= 15 is 0 Å². The number of carboxylic acid groups (broad SMARTS) is 1. The average molecular weight is 647 g/mol. The maximum absolute atomic E-state index is 12.9. The first-order valence-corrected chi connectivity index (χ1v) is 17.0. The van der Waals surface area contributed by atoms with E-state index < -0.39 is 17.7 Å². The lowest BCUT2D eigenvalue weighted by Gasteiger charge is -2.41. The average Bonchev–Trinajstić information content (AvgIpc) is 3.42. The largest absolute Gasteiger partial charge is 0.479 e. The molecule has 2 aliphatic rings. The number of carboxylic acids is 1. The molecule has 1 atom stereocenters. The Morgan fingerprint density at radius 1 is 0.979 bits per heavy atom. The summed E-state index contributed by atoms with van der Waals surface area (Å²) in [5, 5.41) is 12.7. The maximum Gasteiger partial charge on any atom is 0.337 e. The monoisotopic (exact) mass is 646 g/mol. The number of anilines is 2. The molecule has 2 N–H and O–H groups in total. The molecule has 0 saturated carbocycles. The Hall–Kier alpha value is -4.50. The summed E-state index contributed by atoms with van der Waals surface area (Å²) in [6, 6.07) is 15.0. The van der Waals surface area contributed by atoms with Crippen molar-refractivity contribution in [2.24, 2.45) is 5.41 Å². The molecule has 1 saturated heterocycles. The third-order valence-corrected chi connectivity index (χ3v) is 10.1. The lowest BCUT2D eigenvalue weighted by molar-refractivity contribution is -0.160. The number of aliphatic carboxylic acids is 1. The van der Waals surface area contributed by atoms with Crippen LogP contribution in [0.25, 0.3) is 33.1 Å². The van der Waals surface area contributed by atoms with Crippen LogP contribution in [-0.4, -0.2) is 56.2 Å². The lowest BCUT2D eigenvalue weighted by Crippen LogP contribution is -2.39. The van der Waals surface area contributed by atoms with E-state index in [1.807, 2.05) is 40.7 Å². The van der Waals surface area contributed by atoms with Crippen molar-refractivity contribution in [3.05, 3.63) is 76.9 Å². The molecule has 9 nitrogen and oxygen atoms in total. The first-order valence-electron chi connectivity index (χ1n) is 17.0. The van der Waals surface area contributed by atoms with Crippen molar-refractivity contribution in [2.75, 3.05) is 29.4 Å². The second-order valence-electron chi connectivity index (χ2n) is 15.3. The molecule has 7 rings (SSSR count). The Morgan fingerprint density at radius 3 is 2.46 bits per heavy atom. The van der Waals surface area contributed by atoms with Gasteiger partial charge in [-0.1, -0.05) is 50.2 Å². The number of aryl methyl sites for hydroxylation is 2. The SMILES string of the molecule is Cc1nc(C)c([C@H](OC(C)(C)C)C(=O)O)c(N2CCC(C)(C)CC2)c1-c1ccc2c(c1)CCN(c1ncnc3[nH]c4ccccc4c13)C2. The minimum Gasteiger partial charge on any atom is -0.479 e. The van der Waals surface area contributed by atoms with E-state index in [-0.39, 0.29) is 5.41 Å². The number of H-pyrrole nitrogens is 1. The van der Waals surface area contributed by atoms with Crippen LogP contribution < -0.4 is 9.80 Å². The first kappa shape index (κ1) is 32.1. The number of nitrogens with zero attached hydrogens (tertiary/aromatic N) is 5. The molecule has 2 aliphatic heterocycles. The van der Waals surface area contributed by atoms with Gasteiger partial charge in [-0.25, -0.2) is 14.8 Å². The normalized spacial score (nSPS) is 17.1. The highest BCUT2D eigenvalue weighted by Crippen LogP contribution is 2.45. The second kappa shape index (κ2) is 11.9. The fourth-order valence-corrected chi connectivity index (χ4v) is 7.54. The molecule has 5 heterocycles. The van der Waals surface area contributed by atoms with Crippen LogP contribution in [0, 0.1) is 19.3 Å². The highest BCUT2D eigenvalue weighted by Gasteiger charge is 2.37. The molecule has 0 amide bonds. The van der Waals surface area contributed by atoms with Gasteiger partial charge in [-0.2, -0.15) is 0 Å². The van der Waals surface area contributed by atoms with Gasteiger partial charge in [0.2, 0.25) is 0 Å². The number of hydrogen-bond donors (Lipinski definition) is 2. The number of carbonyl (C=O) groups is 1. The molecule has 3 aromatic heterocycles. The van der Waals surface area contributed by atoms with Gasteiger partial charge in [-0.3, -0.25) is 4.98 Å². The zero-order chi connectivity index (χ0) is 34.0. The Balaban J connectivity index is 1.31. The Kier molecular flexibility index (Phi) is 7.94. The summed E-state index contributed by atoms with van der Waals surface area (Å²) in [6.45, 7) is 17.6. The molecule has 0 spiro atoms. The van der Waals surface area contributed by atoms with E-state index in [9.17, 15) is 9.90 Å². The minimum absolute atomic E-state index is 0.238. The van der Waals surface area contributed by atoms with Crippen LogP contribution in [0.4, 0.5) is 11.5 Å². The van der Waals surface area contributed by atoms with E-state index in [2.05, 4.69) is 70.0 Å². The van der Waals surface area contributed by atoms with Gasteiger partial charge in [0.25, 0.3) is 0 Å². The van der Waals surface area contributed by atoms with Crippen LogP contribution >= 0.6 is 0 Å². The number of fused-ring (bicyclic) bond motifs is 4. The van der Waals surface area contributed by atoms with Crippen molar-refractivity contribution in [2.45, 2.75) is 86.0 Å². The molecule has 9 heteroatoms.